The van der Waals surface area contributed by atoms with E-state index in [4.69, 9.17) is 27.2 Å². The molecule has 2 atom stereocenters. The zero-order chi connectivity index (χ0) is 16.4. The van der Waals surface area contributed by atoms with Gasteiger partial charge in [0, 0.05) is 33.9 Å². The van der Waals surface area contributed by atoms with E-state index in [1.807, 2.05) is 20.8 Å². The van der Waals surface area contributed by atoms with Crippen molar-refractivity contribution in [2.45, 2.75) is 66.0 Å². The number of methoxy groups -OCH3 is 2. The molecule has 0 heterocycles. The Hall–Kier alpha value is -0.0231. The molecule has 0 fully saturated rings. The highest BCUT2D eigenvalue weighted by Gasteiger charge is 2.52. The van der Waals surface area contributed by atoms with Crippen molar-refractivity contribution in [1.82, 2.24) is 0 Å². The van der Waals surface area contributed by atoms with Crippen molar-refractivity contribution in [2.75, 3.05) is 27.4 Å². The van der Waals surface area contributed by atoms with Crippen LogP contribution in [0.15, 0.2) is 0 Å². The van der Waals surface area contributed by atoms with Gasteiger partial charge in [-0.25, -0.2) is 0 Å². The van der Waals surface area contributed by atoms with Crippen molar-refractivity contribution < 1.29 is 27.2 Å². The molecule has 0 aromatic carbocycles. The summed E-state index contributed by atoms with van der Waals surface area (Å²) in [5, 5.41) is 0. The summed E-state index contributed by atoms with van der Waals surface area (Å²) in [6, 6.07) is 0. The van der Waals surface area contributed by atoms with E-state index in [-0.39, 0.29) is 0 Å². The predicted molar refractivity (Wildman–Crippen MR) is 82.6 cm³/mol. The van der Waals surface area contributed by atoms with Gasteiger partial charge in [0.1, 0.15) is 0 Å². The highest BCUT2D eigenvalue weighted by Crippen LogP contribution is 2.27. The summed E-state index contributed by atoms with van der Waals surface area (Å²) in [5.41, 5.74) is 0. The van der Waals surface area contributed by atoms with Crippen LogP contribution in [0.2, 0.25) is 0 Å². The first-order chi connectivity index (χ1) is 9.90. The molecule has 0 rings (SSSR count). The zero-order valence-electron chi connectivity index (χ0n) is 14.6. The van der Waals surface area contributed by atoms with Gasteiger partial charge in [0.15, 0.2) is 12.1 Å². The second-order valence-corrected chi connectivity index (χ2v) is 6.85. The van der Waals surface area contributed by atoms with Crippen LogP contribution in [0.4, 0.5) is 0 Å². The largest absolute Gasteiger partial charge is 0.683 e. The van der Waals surface area contributed by atoms with Crippen LogP contribution in [0.5, 0.6) is 0 Å². The molecule has 2 unspecified atom stereocenters. The van der Waals surface area contributed by atoms with Gasteiger partial charge < -0.3 is 27.2 Å². The molecule has 0 aromatic heterocycles. The highest BCUT2D eigenvalue weighted by molar-refractivity contribution is 6.53. The molecule has 0 spiro atoms. The standard InChI is InChI=1S/C14H32O6Si/c1-8-11-12-14(5,16-7)20-21(17-9-2,18-10-3)19-13(4)15-6/h13H,8-12H2,1-7H3. The van der Waals surface area contributed by atoms with Gasteiger partial charge in [-0.05, 0) is 34.1 Å². The second-order valence-electron chi connectivity index (χ2n) is 4.83. The number of hydrogen-bond donors (Lipinski definition) is 0. The normalized spacial score (nSPS) is 16.7. The molecule has 0 aliphatic carbocycles. The molecule has 7 heteroatoms. The van der Waals surface area contributed by atoms with Crippen LogP contribution < -0.4 is 0 Å². The molecule has 0 amide bonds. The molecule has 21 heavy (non-hydrogen) atoms. The minimum absolute atomic E-state index is 0.427. The minimum Gasteiger partial charge on any atom is -0.357 e. The summed E-state index contributed by atoms with van der Waals surface area (Å²) < 4.78 is 34.1. The Bertz CT molecular complexity index is 260. The molecule has 0 radical (unpaired) electrons. The van der Waals surface area contributed by atoms with E-state index in [1.54, 1.807) is 21.1 Å². The first kappa shape index (κ1) is 21.0. The average Bonchev–Trinajstić information content (AvgIpc) is 2.45. The molecule has 6 nitrogen and oxygen atoms in total. The smallest absolute Gasteiger partial charge is 0.357 e. The van der Waals surface area contributed by atoms with Gasteiger partial charge >= 0.3 is 9.05 Å². The zero-order valence-corrected chi connectivity index (χ0v) is 15.6. The maximum Gasteiger partial charge on any atom is 0.683 e. The molecule has 128 valence electrons. The van der Waals surface area contributed by atoms with Gasteiger partial charge in [-0.2, -0.15) is 0 Å². The first-order valence-corrected chi connectivity index (χ1v) is 9.28. The molecule has 0 aliphatic heterocycles. The maximum atomic E-state index is 6.10. The Kier molecular flexibility index (Phi) is 10.6. The molecular formula is C14H32O6Si. The van der Waals surface area contributed by atoms with E-state index in [9.17, 15) is 0 Å². The van der Waals surface area contributed by atoms with E-state index < -0.39 is 21.1 Å². The van der Waals surface area contributed by atoms with Crippen LogP contribution in [0.3, 0.4) is 0 Å². The van der Waals surface area contributed by atoms with Crippen LogP contribution in [0, 0.1) is 0 Å². The summed E-state index contributed by atoms with van der Waals surface area (Å²) in [6.45, 7) is 10.4. The van der Waals surface area contributed by atoms with Crippen LogP contribution >= 0.6 is 0 Å². The third kappa shape index (κ3) is 7.69. The van der Waals surface area contributed by atoms with E-state index in [2.05, 4.69) is 6.92 Å². The van der Waals surface area contributed by atoms with E-state index in [0.717, 1.165) is 19.3 Å². The molecule has 0 saturated heterocycles. The minimum atomic E-state index is -3.34. The summed E-state index contributed by atoms with van der Waals surface area (Å²) in [7, 11) is -0.155. The quantitative estimate of drug-likeness (QED) is 0.383. The van der Waals surface area contributed by atoms with Crippen molar-refractivity contribution >= 4 is 9.05 Å². The van der Waals surface area contributed by atoms with Crippen LogP contribution in [0.25, 0.3) is 0 Å². The second kappa shape index (κ2) is 10.7. The van der Waals surface area contributed by atoms with E-state index in [0.29, 0.717) is 13.2 Å². The Morgan fingerprint density at radius 3 is 2.00 bits per heavy atom. The summed E-state index contributed by atoms with van der Waals surface area (Å²) >= 11 is 0. The number of rotatable bonds is 13. The van der Waals surface area contributed by atoms with Gasteiger partial charge in [-0.15, -0.1) is 0 Å². The average molecular weight is 324 g/mol. The fourth-order valence-corrected chi connectivity index (χ4v) is 4.06. The Morgan fingerprint density at radius 1 is 1.05 bits per heavy atom. The molecule has 0 bridgehead atoms. The molecular weight excluding hydrogens is 292 g/mol. The summed E-state index contributed by atoms with van der Waals surface area (Å²) in [6.07, 6.45) is 2.28. The molecule has 0 aliphatic rings. The molecule has 0 saturated carbocycles. The lowest BCUT2D eigenvalue weighted by Crippen LogP contribution is -2.56. The van der Waals surface area contributed by atoms with Crippen molar-refractivity contribution in [3.05, 3.63) is 0 Å². The van der Waals surface area contributed by atoms with Crippen LogP contribution in [-0.2, 0) is 27.2 Å². The van der Waals surface area contributed by atoms with Gasteiger partial charge in [0.25, 0.3) is 0 Å². The molecule has 0 N–H and O–H groups in total. The van der Waals surface area contributed by atoms with Crippen LogP contribution in [-0.4, -0.2) is 48.6 Å². The van der Waals surface area contributed by atoms with Crippen molar-refractivity contribution in [1.29, 1.82) is 0 Å². The predicted octanol–water partition coefficient (Wildman–Crippen LogP) is 3.07. The maximum absolute atomic E-state index is 6.10. The number of unbranched alkanes of at least 4 members (excludes halogenated alkanes) is 1. The Morgan fingerprint density at radius 2 is 1.62 bits per heavy atom. The lowest BCUT2D eigenvalue weighted by Gasteiger charge is -2.37. The topological polar surface area (TPSA) is 55.4 Å². The number of ether oxygens (including phenoxy) is 2. The summed E-state index contributed by atoms with van der Waals surface area (Å²) in [5.74, 6) is -0.806. The van der Waals surface area contributed by atoms with Gasteiger partial charge in [0.2, 0.25) is 0 Å². The first-order valence-electron chi connectivity index (χ1n) is 7.64. The van der Waals surface area contributed by atoms with Crippen LogP contribution in [0.1, 0.15) is 53.9 Å². The lowest BCUT2D eigenvalue weighted by atomic mass is 10.1. The molecule has 0 aromatic rings. The van der Waals surface area contributed by atoms with Crippen molar-refractivity contribution in [2.24, 2.45) is 0 Å². The van der Waals surface area contributed by atoms with E-state index >= 15 is 0 Å². The van der Waals surface area contributed by atoms with E-state index in [1.165, 1.54) is 0 Å². The van der Waals surface area contributed by atoms with Crippen molar-refractivity contribution in [3.8, 4) is 0 Å². The fraction of sp³-hybridized carbons (Fsp3) is 1.00. The highest BCUT2D eigenvalue weighted by atomic mass is 28.4. The number of hydrogen-bond acceptors (Lipinski definition) is 6. The monoisotopic (exact) mass is 324 g/mol. The Labute approximate surface area is 130 Å². The van der Waals surface area contributed by atoms with Gasteiger partial charge in [-0.1, -0.05) is 13.3 Å². The third-order valence-corrected chi connectivity index (χ3v) is 5.63. The summed E-state index contributed by atoms with van der Waals surface area (Å²) in [4.78, 5) is 0. The lowest BCUT2D eigenvalue weighted by molar-refractivity contribution is -0.224. The van der Waals surface area contributed by atoms with Gasteiger partial charge in [0.05, 0.1) is 0 Å². The van der Waals surface area contributed by atoms with Gasteiger partial charge in [-0.3, -0.25) is 0 Å². The third-order valence-electron chi connectivity index (χ3n) is 3.04. The SMILES string of the molecule is CCCCC(C)(OC)O[Si](OCC)(OCC)OC(C)OC. The fourth-order valence-electron chi connectivity index (χ4n) is 1.75. The van der Waals surface area contributed by atoms with Crippen molar-refractivity contribution in [3.63, 3.8) is 0 Å². The Balaban J connectivity index is 5.13.